The van der Waals surface area contributed by atoms with E-state index < -0.39 is 0 Å². The Morgan fingerprint density at radius 3 is 1.57 bits per heavy atom. The summed E-state index contributed by atoms with van der Waals surface area (Å²) < 4.78 is 10.2. The fourth-order valence-electron chi connectivity index (χ4n) is 6.06. The Balaban J connectivity index is 2.86. The van der Waals surface area contributed by atoms with Crippen molar-refractivity contribution in [3.05, 3.63) is 71.8 Å². The lowest BCUT2D eigenvalue weighted by Crippen LogP contribution is -2.06. The molecule has 0 N–H and O–H groups in total. The molecular formula is C42H68O4. The first kappa shape index (κ1) is 41.4. The Kier molecular flexibility index (Phi) is 26.8. The van der Waals surface area contributed by atoms with Crippen LogP contribution in [0.5, 0.6) is 0 Å². The Bertz CT molecular complexity index is 976. The molecule has 0 bridgehead atoms. The van der Waals surface area contributed by atoms with Gasteiger partial charge in [0.1, 0.15) is 13.2 Å². The summed E-state index contributed by atoms with van der Waals surface area (Å²) in [4.78, 5) is 23.5. The maximum absolute atomic E-state index is 11.8. The van der Waals surface area contributed by atoms with Crippen molar-refractivity contribution in [2.75, 3.05) is 13.2 Å². The number of rotatable bonds is 31. The van der Waals surface area contributed by atoms with E-state index in [1.165, 1.54) is 83.5 Å². The number of benzene rings is 1. The van der Waals surface area contributed by atoms with Gasteiger partial charge in [-0.05, 0) is 92.9 Å². The monoisotopic (exact) mass is 637 g/mol. The molecule has 1 rings (SSSR count). The third kappa shape index (κ3) is 21.2. The average molecular weight is 637 g/mol. The topological polar surface area (TPSA) is 52.6 Å². The smallest absolute Gasteiger partial charge is 0.306 e. The number of aryl methyl sites for hydroxylation is 2. The first-order valence-corrected chi connectivity index (χ1v) is 18.9. The predicted molar refractivity (Wildman–Crippen MR) is 196 cm³/mol. The Hall–Kier alpha value is -2.62. The van der Waals surface area contributed by atoms with Crippen molar-refractivity contribution < 1.29 is 19.1 Å². The predicted octanol–water partition coefficient (Wildman–Crippen LogP) is 11.7. The van der Waals surface area contributed by atoms with Gasteiger partial charge < -0.3 is 9.47 Å². The van der Waals surface area contributed by atoms with Crippen molar-refractivity contribution in [3.8, 4) is 0 Å². The van der Waals surface area contributed by atoms with E-state index in [9.17, 15) is 9.59 Å². The van der Waals surface area contributed by atoms with Crippen LogP contribution in [0, 0.1) is 0 Å². The molecule has 1 aromatic rings. The van der Waals surface area contributed by atoms with Crippen LogP contribution in [-0.4, -0.2) is 25.2 Å². The fraction of sp³-hybridized carbons (Fsp3) is 0.667. The lowest BCUT2D eigenvalue weighted by Gasteiger charge is -2.19. The normalized spacial score (nSPS) is 11.2. The van der Waals surface area contributed by atoms with Crippen LogP contribution in [0.4, 0.5) is 0 Å². The number of unbranched alkanes of at least 4 members (excludes halogenated alkanes) is 14. The molecule has 260 valence electrons. The van der Waals surface area contributed by atoms with Crippen LogP contribution < -0.4 is 0 Å². The highest BCUT2D eigenvalue weighted by atomic mass is 16.5. The van der Waals surface area contributed by atoms with Crippen LogP contribution in [0.25, 0.3) is 0 Å². The SMILES string of the molecule is C=CCOC(=O)CCCCCCCc1ccc(CCCCCC)c(CC=CCCCCC)c1CCCCCCCC(=O)OCC=C. The van der Waals surface area contributed by atoms with Gasteiger partial charge in [-0.2, -0.15) is 0 Å². The van der Waals surface area contributed by atoms with Gasteiger partial charge in [0.2, 0.25) is 0 Å². The minimum absolute atomic E-state index is 0.112. The van der Waals surface area contributed by atoms with Gasteiger partial charge in [-0.1, -0.05) is 134 Å². The summed E-state index contributed by atoms with van der Waals surface area (Å²) in [7, 11) is 0. The van der Waals surface area contributed by atoms with E-state index in [1.54, 1.807) is 34.4 Å². The molecule has 1 aromatic carbocycles. The zero-order chi connectivity index (χ0) is 33.5. The molecule has 0 aliphatic carbocycles. The van der Waals surface area contributed by atoms with Gasteiger partial charge in [0, 0.05) is 12.8 Å². The molecule has 0 amide bonds. The van der Waals surface area contributed by atoms with Crippen LogP contribution in [0.2, 0.25) is 0 Å². The van der Waals surface area contributed by atoms with Crippen molar-refractivity contribution in [1.82, 2.24) is 0 Å². The van der Waals surface area contributed by atoms with E-state index in [1.807, 2.05) is 0 Å². The third-order valence-corrected chi connectivity index (χ3v) is 8.75. The van der Waals surface area contributed by atoms with E-state index in [2.05, 4.69) is 51.3 Å². The molecule has 0 spiro atoms. The highest BCUT2D eigenvalue weighted by molar-refractivity contribution is 5.69. The zero-order valence-electron chi connectivity index (χ0n) is 29.9. The number of carbonyl (C=O) groups is 2. The Labute approximate surface area is 283 Å². The van der Waals surface area contributed by atoms with Crippen molar-refractivity contribution in [2.45, 2.75) is 168 Å². The second-order valence-electron chi connectivity index (χ2n) is 12.8. The highest BCUT2D eigenvalue weighted by Crippen LogP contribution is 2.27. The Morgan fingerprint density at radius 2 is 1.02 bits per heavy atom. The van der Waals surface area contributed by atoms with Gasteiger partial charge in [0.15, 0.2) is 0 Å². The quantitative estimate of drug-likeness (QED) is 0.0462. The largest absolute Gasteiger partial charge is 0.461 e. The second-order valence-corrected chi connectivity index (χ2v) is 12.8. The van der Waals surface area contributed by atoms with Gasteiger partial charge >= 0.3 is 11.9 Å². The number of ether oxygens (including phenoxy) is 2. The van der Waals surface area contributed by atoms with Gasteiger partial charge in [-0.3, -0.25) is 9.59 Å². The van der Waals surface area contributed by atoms with E-state index in [0.717, 1.165) is 57.8 Å². The van der Waals surface area contributed by atoms with E-state index in [4.69, 9.17) is 9.47 Å². The molecule has 0 fully saturated rings. The van der Waals surface area contributed by atoms with Crippen molar-refractivity contribution in [1.29, 1.82) is 0 Å². The molecule has 0 atom stereocenters. The molecule has 0 saturated carbocycles. The first-order chi connectivity index (χ1) is 22.6. The maximum atomic E-state index is 11.8. The number of carbonyl (C=O) groups excluding carboxylic acids is 2. The molecule has 46 heavy (non-hydrogen) atoms. The van der Waals surface area contributed by atoms with Gasteiger partial charge in [0.05, 0.1) is 0 Å². The van der Waals surface area contributed by atoms with Gasteiger partial charge in [-0.25, -0.2) is 0 Å². The molecule has 0 saturated heterocycles. The Morgan fingerprint density at radius 1 is 0.565 bits per heavy atom. The van der Waals surface area contributed by atoms with E-state index in [-0.39, 0.29) is 11.9 Å². The summed E-state index contributed by atoms with van der Waals surface area (Å²) in [5, 5.41) is 0. The summed E-state index contributed by atoms with van der Waals surface area (Å²) in [6.45, 7) is 12.4. The maximum Gasteiger partial charge on any atom is 0.306 e. The molecule has 0 aromatic heterocycles. The minimum Gasteiger partial charge on any atom is -0.461 e. The molecule has 4 heteroatoms. The number of hydrogen-bond acceptors (Lipinski definition) is 4. The standard InChI is InChI=1S/C42H68O4/c1-5-9-11-13-17-23-29-39-37(27-21-12-10-6-2)33-34-38(28-22-16-14-19-25-31-41(43)45-35-7-3)40(39)30-24-18-15-20-26-32-42(44)46-36-8-4/h7-8,17,23,33-34H,3-6,9-16,18-22,24-32,35-36H2,1-2H3. The summed E-state index contributed by atoms with van der Waals surface area (Å²) in [6, 6.07) is 4.90. The molecule has 0 unspecified atom stereocenters. The summed E-state index contributed by atoms with van der Waals surface area (Å²) in [5.74, 6) is -0.226. The van der Waals surface area contributed by atoms with E-state index in [0.29, 0.717) is 26.1 Å². The fourth-order valence-corrected chi connectivity index (χ4v) is 6.06. The van der Waals surface area contributed by atoms with Crippen molar-refractivity contribution >= 4 is 11.9 Å². The van der Waals surface area contributed by atoms with E-state index >= 15 is 0 Å². The molecule has 0 heterocycles. The third-order valence-electron chi connectivity index (χ3n) is 8.75. The summed E-state index contributed by atoms with van der Waals surface area (Å²) in [6.07, 6.45) is 34.9. The first-order valence-electron chi connectivity index (χ1n) is 18.9. The minimum atomic E-state index is -0.114. The molecule has 0 aliphatic heterocycles. The van der Waals surface area contributed by atoms with Crippen molar-refractivity contribution in [3.63, 3.8) is 0 Å². The lowest BCUT2D eigenvalue weighted by atomic mass is 9.86. The zero-order valence-corrected chi connectivity index (χ0v) is 29.9. The lowest BCUT2D eigenvalue weighted by molar-refractivity contribution is -0.143. The van der Waals surface area contributed by atoms with Crippen LogP contribution >= 0.6 is 0 Å². The van der Waals surface area contributed by atoms with Crippen LogP contribution in [-0.2, 0) is 44.7 Å². The molecule has 0 aliphatic rings. The highest BCUT2D eigenvalue weighted by Gasteiger charge is 2.13. The summed E-state index contributed by atoms with van der Waals surface area (Å²) >= 11 is 0. The number of allylic oxidation sites excluding steroid dienone is 2. The number of esters is 2. The van der Waals surface area contributed by atoms with Gasteiger partial charge in [0.25, 0.3) is 0 Å². The average Bonchev–Trinajstić information content (AvgIpc) is 3.06. The van der Waals surface area contributed by atoms with Crippen molar-refractivity contribution in [2.24, 2.45) is 0 Å². The van der Waals surface area contributed by atoms with Crippen LogP contribution in [0.1, 0.15) is 165 Å². The number of hydrogen-bond donors (Lipinski definition) is 0. The molecule has 4 nitrogen and oxygen atoms in total. The second kappa shape index (κ2) is 29.8. The van der Waals surface area contributed by atoms with Gasteiger partial charge in [-0.15, -0.1) is 0 Å². The molecule has 0 radical (unpaired) electrons. The van der Waals surface area contributed by atoms with Crippen LogP contribution in [0.15, 0.2) is 49.6 Å². The molecular weight excluding hydrogens is 568 g/mol. The van der Waals surface area contributed by atoms with Crippen LogP contribution in [0.3, 0.4) is 0 Å². The summed E-state index contributed by atoms with van der Waals surface area (Å²) in [5.41, 5.74) is 6.33.